The molecular weight excluding hydrogens is 378 g/mol. The Balaban J connectivity index is 1.52. The molecular formula is C24H31N3OS. The number of carbonyl (C=O) groups is 1. The van der Waals surface area contributed by atoms with E-state index in [1.54, 1.807) is 11.3 Å². The topological polar surface area (TPSA) is 48.1 Å². The molecule has 29 heavy (non-hydrogen) atoms. The number of nitrogens with zero attached hydrogens (tertiary/aromatic N) is 1. The van der Waals surface area contributed by atoms with Gasteiger partial charge in [-0.25, -0.2) is 0 Å². The molecule has 1 aromatic carbocycles. The molecule has 0 unspecified atom stereocenters. The lowest BCUT2D eigenvalue weighted by atomic mass is 9.95. The van der Waals surface area contributed by atoms with E-state index in [2.05, 4.69) is 77.0 Å². The molecule has 0 bridgehead atoms. The standard InChI is InChI=1S/C24H31N3OS/c1-16-8-6-9-17(2)27(16)24(28)18(3)25-15-21(23-12-7-13-29-23)20-14-26-22-11-5-4-10-19(20)22/h4-5,7,10-14,16-18,21,25-26H,6,8-9,15H2,1-3H3/t16-,17-,18+,21+/m1/s1. The summed E-state index contributed by atoms with van der Waals surface area (Å²) in [6.45, 7) is 7.12. The van der Waals surface area contributed by atoms with Crippen LogP contribution in [0.3, 0.4) is 0 Å². The Hall–Kier alpha value is -2.11. The molecule has 0 spiro atoms. The van der Waals surface area contributed by atoms with Gasteiger partial charge in [-0.1, -0.05) is 24.3 Å². The average molecular weight is 410 g/mol. The number of aromatic amines is 1. The number of para-hydroxylation sites is 1. The lowest BCUT2D eigenvalue weighted by molar-refractivity contribution is -0.139. The highest BCUT2D eigenvalue weighted by Crippen LogP contribution is 2.33. The molecule has 4 rings (SSSR count). The quantitative estimate of drug-likeness (QED) is 0.593. The van der Waals surface area contributed by atoms with Crippen LogP contribution in [-0.2, 0) is 4.79 Å². The van der Waals surface area contributed by atoms with Gasteiger partial charge in [0, 0.05) is 46.5 Å². The summed E-state index contributed by atoms with van der Waals surface area (Å²) in [6, 6.07) is 13.2. The molecule has 154 valence electrons. The van der Waals surface area contributed by atoms with Gasteiger partial charge < -0.3 is 15.2 Å². The number of H-pyrrole nitrogens is 1. The van der Waals surface area contributed by atoms with Gasteiger partial charge in [-0.15, -0.1) is 11.3 Å². The molecule has 4 atom stereocenters. The zero-order valence-electron chi connectivity index (χ0n) is 17.5. The molecule has 3 heterocycles. The van der Waals surface area contributed by atoms with Crippen LogP contribution in [-0.4, -0.2) is 40.5 Å². The van der Waals surface area contributed by atoms with Crippen molar-refractivity contribution in [1.29, 1.82) is 0 Å². The van der Waals surface area contributed by atoms with Gasteiger partial charge in [0.15, 0.2) is 0 Å². The minimum atomic E-state index is -0.189. The van der Waals surface area contributed by atoms with E-state index in [-0.39, 0.29) is 17.9 Å². The molecule has 2 N–H and O–H groups in total. The highest BCUT2D eigenvalue weighted by atomic mass is 32.1. The second-order valence-corrected chi connectivity index (χ2v) is 9.34. The van der Waals surface area contributed by atoms with Gasteiger partial charge in [0.2, 0.25) is 5.91 Å². The van der Waals surface area contributed by atoms with Crippen molar-refractivity contribution in [3.8, 4) is 0 Å². The Bertz CT molecular complexity index is 938. The summed E-state index contributed by atoms with van der Waals surface area (Å²) in [7, 11) is 0. The van der Waals surface area contributed by atoms with Crippen molar-refractivity contribution in [2.45, 2.75) is 64.1 Å². The first-order valence-corrected chi connectivity index (χ1v) is 11.6. The highest BCUT2D eigenvalue weighted by molar-refractivity contribution is 7.10. The number of nitrogens with one attached hydrogen (secondary N) is 2. The smallest absolute Gasteiger partial charge is 0.239 e. The maximum absolute atomic E-state index is 13.2. The van der Waals surface area contributed by atoms with Crippen molar-refractivity contribution >= 4 is 28.1 Å². The molecule has 0 aliphatic carbocycles. The Kier molecular flexibility index (Phi) is 6.07. The van der Waals surface area contributed by atoms with Crippen LogP contribution in [0.5, 0.6) is 0 Å². The van der Waals surface area contributed by atoms with E-state index >= 15 is 0 Å². The van der Waals surface area contributed by atoms with E-state index in [0.717, 1.165) is 24.9 Å². The molecule has 0 saturated carbocycles. The number of fused-ring (bicyclic) bond motifs is 1. The molecule has 5 heteroatoms. The van der Waals surface area contributed by atoms with E-state index in [0.29, 0.717) is 12.1 Å². The fourth-order valence-electron chi connectivity index (χ4n) is 4.70. The fraction of sp³-hybridized carbons (Fsp3) is 0.458. The first-order chi connectivity index (χ1) is 14.1. The molecule has 0 radical (unpaired) electrons. The zero-order chi connectivity index (χ0) is 20.4. The Morgan fingerprint density at radius 1 is 1.21 bits per heavy atom. The third-order valence-corrected chi connectivity index (χ3v) is 7.32. The number of thiophene rings is 1. The second kappa shape index (κ2) is 8.72. The van der Waals surface area contributed by atoms with E-state index in [1.807, 2.05) is 6.92 Å². The van der Waals surface area contributed by atoms with E-state index < -0.39 is 0 Å². The third-order valence-electron chi connectivity index (χ3n) is 6.33. The Morgan fingerprint density at radius 3 is 2.69 bits per heavy atom. The average Bonchev–Trinajstić information content (AvgIpc) is 3.38. The van der Waals surface area contributed by atoms with Crippen LogP contribution in [0, 0.1) is 0 Å². The molecule has 3 aromatic rings. The van der Waals surface area contributed by atoms with Crippen LogP contribution < -0.4 is 5.32 Å². The van der Waals surface area contributed by atoms with Crippen molar-refractivity contribution < 1.29 is 4.79 Å². The summed E-state index contributed by atoms with van der Waals surface area (Å²) in [4.78, 5) is 20.0. The molecule has 1 aliphatic rings. The number of likely N-dealkylation sites (tertiary alicyclic amines) is 1. The maximum atomic E-state index is 13.2. The zero-order valence-corrected chi connectivity index (χ0v) is 18.3. The number of amides is 1. The number of rotatable bonds is 6. The number of hydrogen-bond donors (Lipinski definition) is 2. The minimum Gasteiger partial charge on any atom is -0.361 e. The van der Waals surface area contributed by atoms with E-state index in [4.69, 9.17) is 0 Å². The van der Waals surface area contributed by atoms with Crippen LogP contribution in [0.2, 0.25) is 0 Å². The Morgan fingerprint density at radius 2 is 1.97 bits per heavy atom. The van der Waals surface area contributed by atoms with Gasteiger partial charge in [-0.2, -0.15) is 0 Å². The van der Waals surface area contributed by atoms with Crippen molar-refractivity contribution in [3.05, 3.63) is 58.4 Å². The molecule has 1 amide bonds. The van der Waals surface area contributed by atoms with Gasteiger partial charge in [0.05, 0.1) is 6.04 Å². The maximum Gasteiger partial charge on any atom is 0.239 e. The molecule has 2 aromatic heterocycles. The summed E-state index contributed by atoms with van der Waals surface area (Å²) in [6.07, 6.45) is 5.55. The van der Waals surface area contributed by atoms with Crippen LogP contribution in [0.25, 0.3) is 10.9 Å². The number of piperidine rings is 1. The summed E-state index contributed by atoms with van der Waals surface area (Å²) >= 11 is 1.78. The van der Waals surface area contributed by atoms with Gasteiger partial charge in [-0.05, 0) is 63.1 Å². The fourth-order valence-corrected chi connectivity index (χ4v) is 5.54. The highest BCUT2D eigenvalue weighted by Gasteiger charge is 2.32. The first-order valence-electron chi connectivity index (χ1n) is 10.7. The summed E-state index contributed by atoms with van der Waals surface area (Å²) in [5.74, 6) is 0.450. The Labute approximate surface area is 177 Å². The van der Waals surface area contributed by atoms with Crippen molar-refractivity contribution in [2.24, 2.45) is 0 Å². The molecule has 1 fully saturated rings. The summed E-state index contributed by atoms with van der Waals surface area (Å²) in [5.41, 5.74) is 2.44. The SMILES string of the molecule is C[C@H](NC[C@H](c1cccs1)c1c[nH]c2ccccc12)C(=O)N1[C@H](C)CCC[C@H]1C. The number of aromatic nitrogens is 1. The van der Waals surface area contributed by atoms with Crippen molar-refractivity contribution in [1.82, 2.24) is 15.2 Å². The van der Waals surface area contributed by atoms with Crippen molar-refractivity contribution in [2.75, 3.05) is 6.54 Å². The lowest BCUT2D eigenvalue weighted by Crippen LogP contribution is -2.54. The van der Waals surface area contributed by atoms with Crippen molar-refractivity contribution in [3.63, 3.8) is 0 Å². The number of carbonyl (C=O) groups excluding carboxylic acids is 1. The first kappa shape index (κ1) is 20.2. The lowest BCUT2D eigenvalue weighted by Gasteiger charge is -2.40. The largest absolute Gasteiger partial charge is 0.361 e. The normalized spacial score (nSPS) is 22.0. The second-order valence-electron chi connectivity index (χ2n) is 8.36. The number of hydrogen-bond acceptors (Lipinski definition) is 3. The number of benzene rings is 1. The minimum absolute atomic E-state index is 0.189. The molecule has 1 saturated heterocycles. The summed E-state index contributed by atoms with van der Waals surface area (Å²) < 4.78 is 0. The van der Waals surface area contributed by atoms with E-state index in [1.165, 1.54) is 22.2 Å². The van der Waals surface area contributed by atoms with Crippen LogP contribution in [0.15, 0.2) is 48.0 Å². The molecule has 1 aliphatic heterocycles. The van der Waals surface area contributed by atoms with E-state index in [9.17, 15) is 4.79 Å². The van der Waals surface area contributed by atoms with Gasteiger partial charge in [-0.3, -0.25) is 4.79 Å². The van der Waals surface area contributed by atoms with Crippen LogP contribution in [0.1, 0.15) is 56.4 Å². The summed E-state index contributed by atoms with van der Waals surface area (Å²) in [5, 5.41) is 6.95. The van der Waals surface area contributed by atoms with Gasteiger partial charge in [0.1, 0.15) is 0 Å². The predicted octanol–water partition coefficient (Wildman–Crippen LogP) is 5.13. The predicted molar refractivity (Wildman–Crippen MR) is 122 cm³/mol. The van der Waals surface area contributed by atoms with Gasteiger partial charge in [0.25, 0.3) is 0 Å². The van der Waals surface area contributed by atoms with Gasteiger partial charge >= 0.3 is 0 Å². The monoisotopic (exact) mass is 409 g/mol. The third kappa shape index (κ3) is 4.12. The van der Waals surface area contributed by atoms with Crippen LogP contribution >= 0.6 is 11.3 Å². The molecule has 4 nitrogen and oxygen atoms in total. The van der Waals surface area contributed by atoms with Crippen LogP contribution in [0.4, 0.5) is 0 Å².